The molecule has 0 saturated carbocycles. The van der Waals surface area contributed by atoms with Crippen molar-refractivity contribution in [2.24, 2.45) is 5.41 Å². The monoisotopic (exact) mass is 424 g/mol. The van der Waals surface area contributed by atoms with E-state index in [1.54, 1.807) is 13.3 Å². The molecule has 0 radical (unpaired) electrons. The summed E-state index contributed by atoms with van der Waals surface area (Å²) in [6, 6.07) is 8.16. The van der Waals surface area contributed by atoms with Gasteiger partial charge < -0.3 is 19.9 Å². The number of methoxy groups -OCH3 is 1. The van der Waals surface area contributed by atoms with E-state index in [2.05, 4.69) is 44.7 Å². The zero-order valence-corrected chi connectivity index (χ0v) is 18.3. The van der Waals surface area contributed by atoms with Crippen molar-refractivity contribution in [1.82, 2.24) is 20.4 Å². The van der Waals surface area contributed by atoms with Gasteiger partial charge in [-0.2, -0.15) is 5.10 Å². The number of aliphatic hydroxyl groups excluding tert-OH is 1. The summed E-state index contributed by atoms with van der Waals surface area (Å²) in [6.45, 7) is 4.46. The van der Waals surface area contributed by atoms with Gasteiger partial charge in [-0.1, -0.05) is 18.2 Å². The third-order valence-electron chi connectivity index (χ3n) is 6.49. The summed E-state index contributed by atoms with van der Waals surface area (Å²) in [5, 5.41) is 20.7. The molecular formula is C24H32N4O3. The van der Waals surface area contributed by atoms with Gasteiger partial charge in [-0.3, -0.25) is 10.00 Å². The Kier molecular flexibility index (Phi) is 6.46. The topological polar surface area (TPSA) is 82.6 Å². The molecule has 2 aliphatic heterocycles. The lowest BCUT2D eigenvalue weighted by Crippen LogP contribution is -2.62. The molecule has 1 aromatic carbocycles. The molecule has 1 saturated heterocycles. The third kappa shape index (κ3) is 4.54. The van der Waals surface area contributed by atoms with Crippen LogP contribution in [0, 0.1) is 5.41 Å². The van der Waals surface area contributed by atoms with Crippen molar-refractivity contribution in [3.8, 4) is 5.75 Å². The van der Waals surface area contributed by atoms with E-state index in [4.69, 9.17) is 9.47 Å². The predicted octanol–water partition coefficient (Wildman–Crippen LogP) is 2.93. The van der Waals surface area contributed by atoms with Gasteiger partial charge in [0.1, 0.15) is 5.75 Å². The van der Waals surface area contributed by atoms with E-state index in [1.165, 1.54) is 5.56 Å². The quantitative estimate of drug-likeness (QED) is 0.605. The second-order valence-electron chi connectivity index (χ2n) is 8.36. The largest absolute Gasteiger partial charge is 0.497 e. The van der Waals surface area contributed by atoms with Crippen molar-refractivity contribution in [3.05, 3.63) is 66.1 Å². The van der Waals surface area contributed by atoms with Crippen LogP contribution in [-0.2, 0) is 11.2 Å². The van der Waals surface area contributed by atoms with Crippen LogP contribution < -0.4 is 10.1 Å². The van der Waals surface area contributed by atoms with E-state index in [0.29, 0.717) is 6.61 Å². The number of hydrogen-bond donors (Lipinski definition) is 3. The predicted molar refractivity (Wildman–Crippen MR) is 120 cm³/mol. The number of rotatable bonds is 8. The first-order valence-corrected chi connectivity index (χ1v) is 10.9. The van der Waals surface area contributed by atoms with Gasteiger partial charge in [-0.25, -0.2) is 0 Å². The van der Waals surface area contributed by atoms with Crippen molar-refractivity contribution in [2.45, 2.75) is 32.0 Å². The zero-order valence-electron chi connectivity index (χ0n) is 18.3. The van der Waals surface area contributed by atoms with Gasteiger partial charge in [0.25, 0.3) is 0 Å². The second kappa shape index (κ2) is 9.26. The van der Waals surface area contributed by atoms with E-state index in [0.717, 1.165) is 49.2 Å². The van der Waals surface area contributed by atoms with Crippen LogP contribution in [0.25, 0.3) is 5.57 Å². The van der Waals surface area contributed by atoms with Crippen LogP contribution in [0.1, 0.15) is 30.9 Å². The lowest BCUT2D eigenvalue weighted by molar-refractivity contribution is -0.152. The van der Waals surface area contributed by atoms with Gasteiger partial charge in [0.15, 0.2) is 0 Å². The molecule has 7 heteroatoms. The number of ether oxygens (including phenoxy) is 2. The minimum atomic E-state index is -0.663. The van der Waals surface area contributed by atoms with Crippen molar-refractivity contribution in [2.75, 3.05) is 33.4 Å². The molecule has 3 heterocycles. The Morgan fingerprint density at radius 2 is 1.97 bits per heavy atom. The van der Waals surface area contributed by atoms with Gasteiger partial charge in [0, 0.05) is 49.8 Å². The van der Waals surface area contributed by atoms with Gasteiger partial charge >= 0.3 is 0 Å². The molecular weight excluding hydrogens is 392 g/mol. The number of allylic oxidation sites excluding steroid dienone is 2. The van der Waals surface area contributed by atoms with Gasteiger partial charge in [0.2, 0.25) is 5.85 Å². The maximum absolute atomic E-state index is 10.3. The van der Waals surface area contributed by atoms with E-state index >= 15 is 0 Å². The summed E-state index contributed by atoms with van der Waals surface area (Å²) in [6.07, 6.45) is 12.5. The fourth-order valence-electron chi connectivity index (χ4n) is 4.55. The Morgan fingerprint density at radius 3 is 2.52 bits per heavy atom. The minimum Gasteiger partial charge on any atom is -0.497 e. The van der Waals surface area contributed by atoms with Crippen molar-refractivity contribution < 1.29 is 14.6 Å². The highest BCUT2D eigenvalue weighted by atomic mass is 16.5. The van der Waals surface area contributed by atoms with E-state index in [9.17, 15) is 5.11 Å². The number of H-pyrrole nitrogens is 1. The molecule has 31 heavy (non-hydrogen) atoms. The molecule has 4 rings (SSSR count). The summed E-state index contributed by atoms with van der Waals surface area (Å²) in [5.41, 5.74) is 3.21. The summed E-state index contributed by atoms with van der Waals surface area (Å²) in [5.74, 6) is 0.192. The maximum Gasteiger partial charge on any atom is 0.218 e. The minimum absolute atomic E-state index is 0.116. The average Bonchev–Trinajstić information content (AvgIpc) is 3.36. The summed E-state index contributed by atoms with van der Waals surface area (Å²) in [7, 11) is 1.68. The number of aliphatic hydroxyl groups is 1. The second-order valence-corrected chi connectivity index (χ2v) is 8.36. The van der Waals surface area contributed by atoms with Crippen LogP contribution in [0.2, 0.25) is 0 Å². The fourth-order valence-corrected chi connectivity index (χ4v) is 4.55. The number of piperidine rings is 1. The van der Waals surface area contributed by atoms with Crippen LogP contribution in [0.4, 0.5) is 0 Å². The number of hydrogen-bond acceptors (Lipinski definition) is 6. The Balaban J connectivity index is 1.44. The molecule has 0 bridgehead atoms. The molecule has 0 spiro atoms. The Bertz CT molecular complexity index is 899. The van der Waals surface area contributed by atoms with Crippen molar-refractivity contribution in [1.29, 1.82) is 0 Å². The highest BCUT2D eigenvalue weighted by molar-refractivity contribution is 5.74. The highest BCUT2D eigenvalue weighted by Crippen LogP contribution is 2.38. The average molecular weight is 425 g/mol. The lowest BCUT2D eigenvalue weighted by atomic mass is 9.74. The molecule has 1 atom stereocenters. The first kappa shape index (κ1) is 21.6. The molecule has 166 valence electrons. The summed E-state index contributed by atoms with van der Waals surface area (Å²) >= 11 is 0. The molecule has 1 aromatic heterocycles. The molecule has 0 amide bonds. The van der Waals surface area contributed by atoms with Crippen LogP contribution in [0.5, 0.6) is 5.75 Å². The molecule has 2 aromatic rings. The van der Waals surface area contributed by atoms with E-state index < -0.39 is 5.85 Å². The molecule has 3 N–H and O–H groups in total. The molecule has 0 aliphatic carbocycles. The van der Waals surface area contributed by atoms with Gasteiger partial charge in [0.05, 0.1) is 13.3 Å². The smallest absolute Gasteiger partial charge is 0.218 e. The first-order chi connectivity index (χ1) is 15.1. The van der Waals surface area contributed by atoms with Crippen LogP contribution >= 0.6 is 0 Å². The molecule has 7 nitrogen and oxygen atoms in total. The Morgan fingerprint density at radius 1 is 1.19 bits per heavy atom. The highest BCUT2D eigenvalue weighted by Gasteiger charge is 2.42. The summed E-state index contributed by atoms with van der Waals surface area (Å²) in [4.78, 5) is 2.33. The first-order valence-electron chi connectivity index (χ1n) is 10.9. The number of dihydropyridines is 1. The maximum atomic E-state index is 10.3. The standard InChI is InChI=1S/C24H32N4O3/c1-3-31-24(9-8-20(15-25-24)21-16-26-27-17-21)28-12-10-23(18-29,11-13-28)14-19-4-6-22(30-2)7-5-19/h4-9,15-17,25,29H,3,10-14,18H2,1-2H3,(H,26,27). The van der Waals surface area contributed by atoms with Gasteiger partial charge in [-0.05, 0) is 55.4 Å². The van der Waals surface area contributed by atoms with Crippen LogP contribution in [0.3, 0.4) is 0 Å². The van der Waals surface area contributed by atoms with Crippen LogP contribution in [-0.4, -0.2) is 59.5 Å². The number of nitrogens with zero attached hydrogens (tertiary/aromatic N) is 2. The van der Waals surface area contributed by atoms with E-state index in [1.807, 2.05) is 31.5 Å². The van der Waals surface area contributed by atoms with Crippen molar-refractivity contribution >= 4 is 5.57 Å². The molecule has 1 fully saturated rings. The third-order valence-corrected chi connectivity index (χ3v) is 6.49. The SMILES string of the molecule is CCOC1(N2CCC(CO)(Cc3ccc(OC)cc3)CC2)C=CC(c2cn[nH]c2)=CN1. The Labute approximate surface area is 183 Å². The number of benzene rings is 1. The van der Waals surface area contributed by atoms with E-state index in [-0.39, 0.29) is 12.0 Å². The zero-order chi connectivity index (χ0) is 21.7. The number of aromatic nitrogens is 2. The number of nitrogens with one attached hydrogen (secondary N) is 2. The number of likely N-dealkylation sites (tertiary alicyclic amines) is 1. The van der Waals surface area contributed by atoms with Crippen molar-refractivity contribution in [3.63, 3.8) is 0 Å². The van der Waals surface area contributed by atoms with Gasteiger partial charge in [-0.15, -0.1) is 0 Å². The number of aromatic amines is 1. The Hall–Kier alpha value is -2.61. The van der Waals surface area contributed by atoms with Crippen LogP contribution in [0.15, 0.2) is 55.0 Å². The summed E-state index contributed by atoms with van der Waals surface area (Å²) < 4.78 is 11.5. The molecule has 1 unspecified atom stereocenters. The molecule has 2 aliphatic rings. The fraction of sp³-hybridized carbons (Fsp3) is 0.458. The lowest BCUT2D eigenvalue weighted by Gasteiger charge is -2.49. The normalized spacial score (nSPS) is 23.3.